The molecule has 0 spiro atoms. The molecular formula is C15H12BrClN2. The number of nitrogens with one attached hydrogen (secondary N) is 1. The second kappa shape index (κ2) is 6.10. The monoisotopic (exact) mass is 334 g/mol. The Bertz CT molecular complexity index is 647. The molecule has 0 aliphatic rings. The molecule has 0 saturated heterocycles. The van der Waals surface area contributed by atoms with Crippen molar-refractivity contribution in [3.05, 3.63) is 57.0 Å². The molecule has 2 aromatic carbocycles. The molecule has 19 heavy (non-hydrogen) atoms. The van der Waals surface area contributed by atoms with E-state index in [2.05, 4.69) is 40.3 Å². The first-order valence-corrected chi connectivity index (χ1v) is 7.06. The van der Waals surface area contributed by atoms with Crippen LogP contribution < -0.4 is 5.32 Å². The van der Waals surface area contributed by atoms with E-state index in [0.717, 1.165) is 22.3 Å². The first-order chi connectivity index (χ1) is 9.13. The molecule has 0 saturated carbocycles. The van der Waals surface area contributed by atoms with E-state index in [4.69, 9.17) is 16.9 Å². The number of rotatable bonds is 3. The number of hydrogen-bond donors (Lipinski definition) is 1. The standard InChI is InChI=1S/C15H12BrClN2/c1-2-11-8-12(16)4-6-14(11)19-15-5-3-10(9-18)7-13(15)17/h3-8,19H,2H2,1H3. The second-order valence-corrected chi connectivity index (χ2v) is 5.41. The van der Waals surface area contributed by atoms with Crippen molar-refractivity contribution in [3.8, 4) is 6.07 Å². The van der Waals surface area contributed by atoms with E-state index in [1.54, 1.807) is 12.1 Å². The van der Waals surface area contributed by atoms with Gasteiger partial charge in [-0.15, -0.1) is 0 Å². The lowest BCUT2D eigenvalue weighted by atomic mass is 10.1. The van der Waals surface area contributed by atoms with Crippen LogP contribution in [0.15, 0.2) is 40.9 Å². The molecule has 4 heteroatoms. The number of benzene rings is 2. The summed E-state index contributed by atoms with van der Waals surface area (Å²) in [6.07, 6.45) is 0.926. The van der Waals surface area contributed by atoms with E-state index in [0.29, 0.717) is 10.6 Å². The minimum absolute atomic E-state index is 0.545. The molecule has 2 nitrogen and oxygen atoms in total. The average molecular weight is 336 g/mol. The predicted molar refractivity (Wildman–Crippen MR) is 83.0 cm³/mol. The van der Waals surface area contributed by atoms with Gasteiger partial charge in [-0.05, 0) is 48.4 Å². The Balaban J connectivity index is 2.34. The van der Waals surface area contributed by atoms with E-state index in [1.165, 1.54) is 5.56 Å². The van der Waals surface area contributed by atoms with Gasteiger partial charge < -0.3 is 5.32 Å². The number of nitrogens with zero attached hydrogens (tertiary/aromatic N) is 1. The van der Waals surface area contributed by atoms with Crippen molar-refractivity contribution in [2.24, 2.45) is 0 Å². The minimum atomic E-state index is 0.545. The molecule has 0 fully saturated rings. The van der Waals surface area contributed by atoms with Crippen molar-refractivity contribution in [3.63, 3.8) is 0 Å². The zero-order chi connectivity index (χ0) is 13.8. The fourth-order valence-corrected chi connectivity index (χ4v) is 2.44. The zero-order valence-corrected chi connectivity index (χ0v) is 12.7. The second-order valence-electron chi connectivity index (χ2n) is 4.09. The zero-order valence-electron chi connectivity index (χ0n) is 10.4. The van der Waals surface area contributed by atoms with Gasteiger partial charge in [0.2, 0.25) is 0 Å². The van der Waals surface area contributed by atoms with Crippen LogP contribution in [0.5, 0.6) is 0 Å². The van der Waals surface area contributed by atoms with Crippen molar-refractivity contribution < 1.29 is 0 Å². The van der Waals surface area contributed by atoms with E-state index in [9.17, 15) is 0 Å². The van der Waals surface area contributed by atoms with Crippen LogP contribution in [0.25, 0.3) is 0 Å². The highest BCUT2D eigenvalue weighted by molar-refractivity contribution is 9.10. The van der Waals surface area contributed by atoms with Gasteiger partial charge in [-0.2, -0.15) is 5.26 Å². The Morgan fingerprint density at radius 2 is 1.95 bits per heavy atom. The third-order valence-electron chi connectivity index (χ3n) is 2.82. The predicted octanol–water partition coefficient (Wildman–Crippen LogP) is 5.28. The first kappa shape index (κ1) is 13.9. The molecule has 1 N–H and O–H groups in total. The molecule has 0 amide bonds. The molecular weight excluding hydrogens is 324 g/mol. The van der Waals surface area contributed by atoms with Crippen LogP contribution in [0.4, 0.5) is 11.4 Å². The van der Waals surface area contributed by atoms with E-state index in [-0.39, 0.29) is 0 Å². The summed E-state index contributed by atoms with van der Waals surface area (Å²) in [4.78, 5) is 0. The van der Waals surface area contributed by atoms with Crippen LogP contribution in [0.1, 0.15) is 18.1 Å². The molecule has 2 aromatic rings. The molecule has 2 rings (SSSR count). The Kier molecular flexibility index (Phi) is 4.47. The fourth-order valence-electron chi connectivity index (χ4n) is 1.81. The Labute approximate surface area is 126 Å². The lowest BCUT2D eigenvalue weighted by Gasteiger charge is -2.13. The number of aryl methyl sites for hydroxylation is 1. The van der Waals surface area contributed by atoms with E-state index < -0.39 is 0 Å². The summed E-state index contributed by atoms with van der Waals surface area (Å²) in [6.45, 7) is 2.10. The number of halogens is 2. The molecule has 0 heterocycles. The molecule has 0 aromatic heterocycles. The number of nitriles is 1. The van der Waals surface area contributed by atoms with Gasteiger partial charge in [-0.1, -0.05) is 34.5 Å². The smallest absolute Gasteiger partial charge is 0.0992 e. The van der Waals surface area contributed by atoms with Crippen molar-refractivity contribution in [1.82, 2.24) is 0 Å². The molecule has 0 radical (unpaired) electrons. The summed E-state index contributed by atoms with van der Waals surface area (Å²) in [5.74, 6) is 0. The van der Waals surface area contributed by atoms with Crippen LogP contribution in [0, 0.1) is 11.3 Å². The highest BCUT2D eigenvalue weighted by Gasteiger charge is 2.06. The van der Waals surface area contributed by atoms with Crippen molar-refractivity contribution in [2.75, 3.05) is 5.32 Å². The van der Waals surface area contributed by atoms with Gasteiger partial charge in [0.1, 0.15) is 0 Å². The molecule has 0 atom stereocenters. The van der Waals surface area contributed by atoms with Gasteiger partial charge in [0.25, 0.3) is 0 Å². The quantitative estimate of drug-likeness (QED) is 0.828. The maximum atomic E-state index is 8.82. The highest BCUT2D eigenvalue weighted by atomic mass is 79.9. The molecule has 0 aliphatic heterocycles. The molecule has 0 bridgehead atoms. The Hall–Kier alpha value is -1.50. The van der Waals surface area contributed by atoms with Gasteiger partial charge in [-0.3, -0.25) is 0 Å². The van der Waals surface area contributed by atoms with Crippen molar-refractivity contribution in [2.45, 2.75) is 13.3 Å². The average Bonchev–Trinajstić information content (AvgIpc) is 2.42. The lowest BCUT2D eigenvalue weighted by Crippen LogP contribution is -1.96. The third kappa shape index (κ3) is 3.28. The molecule has 0 unspecified atom stereocenters. The van der Waals surface area contributed by atoms with Gasteiger partial charge in [0.05, 0.1) is 22.3 Å². The normalized spacial score (nSPS) is 10.0. The maximum absolute atomic E-state index is 8.82. The minimum Gasteiger partial charge on any atom is -0.354 e. The molecule has 0 aliphatic carbocycles. The van der Waals surface area contributed by atoms with Crippen LogP contribution >= 0.6 is 27.5 Å². The summed E-state index contributed by atoms with van der Waals surface area (Å²) in [6, 6.07) is 13.4. The first-order valence-electron chi connectivity index (χ1n) is 5.89. The molecule has 96 valence electrons. The van der Waals surface area contributed by atoms with Crippen molar-refractivity contribution >= 4 is 38.9 Å². The van der Waals surface area contributed by atoms with Crippen molar-refractivity contribution in [1.29, 1.82) is 5.26 Å². The summed E-state index contributed by atoms with van der Waals surface area (Å²) in [5, 5.41) is 12.7. The summed E-state index contributed by atoms with van der Waals surface area (Å²) < 4.78 is 1.06. The highest BCUT2D eigenvalue weighted by Crippen LogP contribution is 2.29. The SMILES string of the molecule is CCc1cc(Br)ccc1Nc1ccc(C#N)cc1Cl. The van der Waals surface area contributed by atoms with Gasteiger partial charge in [0.15, 0.2) is 0 Å². The van der Waals surface area contributed by atoms with Crippen LogP contribution in [-0.2, 0) is 6.42 Å². The largest absolute Gasteiger partial charge is 0.354 e. The summed E-state index contributed by atoms with van der Waals surface area (Å²) in [7, 11) is 0. The summed E-state index contributed by atoms with van der Waals surface area (Å²) in [5.41, 5.74) is 3.59. The topological polar surface area (TPSA) is 35.8 Å². The van der Waals surface area contributed by atoms with Gasteiger partial charge in [0, 0.05) is 10.2 Å². The van der Waals surface area contributed by atoms with Gasteiger partial charge in [-0.25, -0.2) is 0 Å². The number of anilines is 2. The van der Waals surface area contributed by atoms with Crippen LogP contribution in [0.2, 0.25) is 5.02 Å². The maximum Gasteiger partial charge on any atom is 0.0992 e. The van der Waals surface area contributed by atoms with Crippen LogP contribution in [-0.4, -0.2) is 0 Å². The number of hydrogen-bond acceptors (Lipinski definition) is 2. The fraction of sp³-hybridized carbons (Fsp3) is 0.133. The van der Waals surface area contributed by atoms with Crippen LogP contribution in [0.3, 0.4) is 0 Å². The van der Waals surface area contributed by atoms with E-state index in [1.807, 2.05) is 18.2 Å². The third-order valence-corrected chi connectivity index (χ3v) is 3.62. The Morgan fingerprint density at radius 3 is 2.58 bits per heavy atom. The van der Waals surface area contributed by atoms with E-state index >= 15 is 0 Å². The Morgan fingerprint density at radius 1 is 1.21 bits per heavy atom. The summed E-state index contributed by atoms with van der Waals surface area (Å²) >= 11 is 9.63. The lowest BCUT2D eigenvalue weighted by molar-refractivity contribution is 1.14. The van der Waals surface area contributed by atoms with Gasteiger partial charge >= 0.3 is 0 Å².